The van der Waals surface area contributed by atoms with Crippen molar-refractivity contribution in [1.82, 2.24) is 0 Å². The van der Waals surface area contributed by atoms with Crippen LogP contribution in [-0.2, 0) is 28.1 Å². The molecule has 3 aromatic carbocycles. The third kappa shape index (κ3) is 10.4. The van der Waals surface area contributed by atoms with E-state index in [-0.39, 0.29) is 17.2 Å². The van der Waals surface area contributed by atoms with Gasteiger partial charge in [-0.2, -0.15) is 30.4 Å². The first-order valence-corrected chi connectivity index (χ1v) is 20.1. The standard InChI is InChI=1S/C39H46F6O9S2/c1-35(2,3)31(46)22-51-25-16-10-13-19-28(25)55(54-56(49,50)39(44,45)34(40)38(41,42)43,29-20-14-11-17-26(29)52-23-32(47)36(4,5)6)30-21-15-12-18-27(30)53-24-33(48)37(7,8)9/h10-21,34H,22-24H2,1-9H3. The molecule has 0 amide bonds. The number of rotatable bonds is 16. The molecule has 1 unspecified atom stereocenters. The second kappa shape index (κ2) is 16.8. The van der Waals surface area contributed by atoms with Crippen LogP contribution in [0.5, 0.6) is 17.2 Å². The van der Waals surface area contributed by atoms with Crippen LogP contribution in [0.1, 0.15) is 62.3 Å². The highest BCUT2D eigenvalue weighted by atomic mass is 32.3. The Morgan fingerprint density at radius 1 is 0.536 bits per heavy atom. The number of alkyl halides is 6. The van der Waals surface area contributed by atoms with Crippen LogP contribution < -0.4 is 14.2 Å². The van der Waals surface area contributed by atoms with E-state index in [0.717, 1.165) is 18.2 Å². The van der Waals surface area contributed by atoms with Crippen LogP contribution in [0.15, 0.2) is 87.5 Å². The van der Waals surface area contributed by atoms with Gasteiger partial charge in [0.1, 0.15) is 37.1 Å². The van der Waals surface area contributed by atoms with Crippen LogP contribution in [-0.4, -0.2) is 63.2 Å². The summed E-state index contributed by atoms with van der Waals surface area (Å²) in [4.78, 5) is 37.8. The second-order valence-electron chi connectivity index (χ2n) is 15.8. The van der Waals surface area contributed by atoms with Crippen LogP contribution in [0.25, 0.3) is 0 Å². The summed E-state index contributed by atoms with van der Waals surface area (Å²) in [7, 11) is -11.6. The Bertz CT molecular complexity index is 1830. The molecule has 0 spiro atoms. The van der Waals surface area contributed by atoms with Gasteiger partial charge in [0.25, 0.3) is 6.17 Å². The zero-order valence-corrected chi connectivity index (χ0v) is 34.0. The number of ether oxygens (including phenoxy) is 3. The average Bonchev–Trinajstić information content (AvgIpc) is 3.09. The van der Waals surface area contributed by atoms with Crippen molar-refractivity contribution >= 4 is 37.8 Å². The summed E-state index contributed by atoms with van der Waals surface area (Å²) in [6, 6.07) is 15.2. The van der Waals surface area contributed by atoms with Crippen molar-refractivity contribution in [1.29, 1.82) is 0 Å². The number of hydrogen-bond acceptors (Lipinski definition) is 9. The quantitative estimate of drug-likeness (QED) is 0.130. The van der Waals surface area contributed by atoms with Crippen LogP contribution in [0.2, 0.25) is 0 Å². The molecular weight excluding hydrogens is 791 g/mol. The predicted molar refractivity (Wildman–Crippen MR) is 197 cm³/mol. The molecule has 17 heteroatoms. The van der Waals surface area contributed by atoms with Crippen molar-refractivity contribution in [2.45, 2.75) is 94.6 Å². The minimum atomic E-state index is -7.02. The van der Waals surface area contributed by atoms with E-state index in [4.69, 9.17) is 17.8 Å². The fourth-order valence-corrected chi connectivity index (χ4v) is 9.92. The third-order valence-corrected chi connectivity index (χ3v) is 13.4. The summed E-state index contributed by atoms with van der Waals surface area (Å²) in [6.45, 7) is 12.3. The molecule has 0 radical (unpaired) electrons. The molecule has 0 aliphatic rings. The molecule has 0 aliphatic carbocycles. The lowest BCUT2D eigenvalue weighted by molar-refractivity contribution is -0.222. The number of carbonyl (C=O) groups is 3. The van der Waals surface area contributed by atoms with Crippen molar-refractivity contribution in [3.8, 4) is 17.2 Å². The molecule has 56 heavy (non-hydrogen) atoms. The van der Waals surface area contributed by atoms with Gasteiger partial charge in [0.2, 0.25) is 0 Å². The number of carbonyl (C=O) groups excluding carboxylic acids is 3. The fourth-order valence-electron chi connectivity index (χ4n) is 4.46. The van der Waals surface area contributed by atoms with E-state index in [9.17, 15) is 40.4 Å². The lowest BCUT2D eigenvalue weighted by Gasteiger charge is -2.42. The number of para-hydroxylation sites is 3. The molecule has 0 fully saturated rings. The van der Waals surface area contributed by atoms with Gasteiger partial charge in [-0.25, -0.2) is 8.02 Å². The van der Waals surface area contributed by atoms with Gasteiger partial charge in [-0.05, 0) is 46.7 Å². The topological polar surface area (TPSA) is 122 Å². The van der Waals surface area contributed by atoms with Crippen molar-refractivity contribution < 1.29 is 67.0 Å². The first-order chi connectivity index (χ1) is 25.5. The van der Waals surface area contributed by atoms with E-state index in [1.807, 2.05) is 0 Å². The van der Waals surface area contributed by atoms with Crippen molar-refractivity contribution in [3.63, 3.8) is 0 Å². The van der Waals surface area contributed by atoms with Gasteiger partial charge in [-0.15, -0.1) is 0 Å². The summed E-state index contributed by atoms with van der Waals surface area (Å²) < 4.78 is 137. The minimum Gasteiger partial charge on any atom is -0.485 e. The van der Waals surface area contributed by atoms with E-state index in [1.165, 1.54) is 54.6 Å². The Hall–Kier alpha value is -4.09. The minimum absolute atomic E-state index is 0.354. The van der Waals surface area contributed by atoms with Crippen LogP contribution in [0.4, 0.5) is 26.3 Å². The van der Waals surface area contributed by atoms with E-state index >= 15 is 8.78 Å². The highest BCUT2D eigenvalue weighted by Crippen LogP contribution is 2.76. The summed E-state index contributed by atoms with van der Waals surface area (Å²) in [6.07, 6.45) is -11.6. The molecule has 3 rings (SSSR count). The number of ketones is 3. The number of Topliss-reactive ketones (excluding diaryl/α,β-unsaturated/α-hetero) is 3. The smallest absolute Gasteiger partial charge is 0.426 e. The number of halogens is 6. The monoisotopic (exact) mass is 836 g/mol. The van der Waals surface area contributed by atoms with Gasteiger partial charge in [0, 0.05) is 16.2 Å². The van der Waals surface area contributed by atoms with Crippen molar-refractivity contribution in [3.05, 3.63) is 72.8 Å². The Morgan fingerprint density at radius 3 is 1.05 bits per heavy atom. The molecule has 0 heterocycles. The van der Waals surface area contributed by atoms with E-state index in [0.29, 0.717) is 0 Å². The molecule has 0 aromatic heterocycles. The van der Waals surface area contributed by atoms with Crippen LogP contribution >= 0.6 is 10.3 Å². The van der Waals surface area contributed by atoms with E-state index in [1.54, 1.807) is 62.3 Å². The van der Waals surface area contributed by atoms with Gasteiger partial charge < -0.3 is 14.2 Å². The predicted octanol–water partition coefficient (Wildman–Crippen LogP) is 9.70. The number of benzene rings is 3. The summed E-state index contributed by atoms with van der Waals surface area (Å²) in [5, 5.41) is -6.25. The molecule has 310 valence electrons. The highest BCUT2D eigenvalue weighted by molar-refractivity contribution is 8.33. The first-order valence-electron chi connectivity index (χ1n) is 17.1. The Morgan fingerprint density at radius 2 is 0.804 bits per heavy atom. The molecule has 0 bridgehead atoms. The summed E-state index contributed by atoms with van der Waals surface area (Å²) in [5.74, 6) is -2.46. The van der Waals surface area contributed by atoms with Crippen LogP contribution in [0.3, 0.4) is 0 Å². The van der Waals surface area contributed by atoms with Crippen LogP contribution in [0, 0.1) is 16.2 Å². The lowest BCUT2D eigenvalue weighted by atomic mass is 9.91. The lowest BCUT2D eigenvalue weighted by Crippen LogP contribution is -2.48. The molecule has 0 N–H and O–H groups in total. The van der Waals surface area contributed by atoms with Crippen molar-refractivity contribution in [2.24, 2.45) is 16.2 Å². The fraction of sp³-hybridized carbons (Fsp3) is 0.462. The maximum absolute atomic E-state index is 15.6. The summed E-state index contributed by atoms with van der Waals surface area (Å²) >= 11 is 0. The molecule has 0 saturated carbocycles. The van der Waals surface area contributed by atoms with Gasteiger partial charge in [0.15, 0.2) is 17.3 Å². The molecule has 1 atom stereocenters. The summed E-state index contributed by atoms with van der Waals surface area (Å²) in [5.41, 5.74) is -2.89. The number of hydrogen-bond donors (Lipinski definition) is 0. The zero-order valence-electron chi connectivity index (χ0n) is 32.4. The molecule has 0 aliphatic heterocycles. The van der Waals surface area contributed by atoms with Gasteiger partial charge >= 0.3 is 21.5 Å². The Labute approximate surface area is 324 Å². The normalized spacial score (nSPS) is 14.1. The SMILES string of the molecule is CC(C)(C)C(=O)COc1ccccc1S(OS(=O)(=O)C(F)(F)C(F)C(F)(F)F)(c1ccccc1OCC(=O)C(C)(C)C)c1ccccc1OCC(=O)C(C)(C)C. The Balaban J connectivity index is 2.60. The zero-order chi connectivity index (χ0) is 42.7. The van der Waals surface area contributed by atoms with Gasteiger partial charge in [0.05, 0.1) is 14.7 Å². The van der Waals surface area contributed by atoms with E-state index < -0.39 is 106 Å². The van der Waals surface area contributed by atoms with E-state index in [2.05, 4.69) is 0 Å². The Kier molecular flexibility index (Phi) is 13.9. The first kappa shape index (κ1) is 46.3. The maximum Gasteiger partial charge on any atom is 0.426 e. The molecular formula is C39H46F6O9S2. The highest BCUT2D eigenvalue weighted by Gasteiger charge is 2.67. The van der Waals surface area contributed by atoms with Gasteiger partial charge in [-0.1, -0.05) is 98.7 Å². The molecule has 9 nitrogen and oxygen atoms in total. The second-order valence-corrected chi connectivity index (χ2v) is 20.2. The largest absolute Gasteiger partial charge is 0.485 e. The molecule has 3 aromatic rings. The average molecular weight is 837 g/mol. The third-order valence-electron chi connectivity index (χ3n) is 8.17. The van der Waals surface area contributed by atoms with Gasteiger partial charge in [-0.3, -0.25) is 14.4 Å². The molecule has 0 saturated heterocycles. The maximum atomic E-state index is 15.6. The van der Waals surface area contributed by atoms with Crippen molar-refractivity contribution in [2.75, 3.05) is 19.8 Å².